The maximum atomic E-state index is 12.0. The lowest BCUT2D eigenvalue weighted by atomic mass is 9.75. The van der Waals surface area contributed by atoms with Gasteiger partial charge in [0, 0.05) is 5.92 Å². The van der Waals surface area contributed by atoms with Crippen LogP contribution in [0.15, 0.2) is 84.9 Å². The Morgan fingerprint density at radius 1 is 0.852 bits per heavy atom. The Balaban J connectivity index is 1.94. The lowest BCUT2D eigenvalue weighted by molar-refractivity contribution is 0.0539. The van der Waals surface area contributed by atoms with Crippen molar-refractivity contribution in [1.29, 1.82) is 0 Å². The number of aromatic nitrogens is 2. The highest BCUT2D eigenvalue weighted by Crippen LogP contribution is 2.42. The van der Waals surface area contributed by atoms with E-state index >= 15 is 0 Å². The van der Waals surface area contributed by atoms with Gasteiger partial charge in [0.15, 0.2) is 0 Å². The Hall–Kier alpha value is -2.82. The zero-order chi connectivity index (χ0) is 18.9. The standard InChI is InChI=1S/C23H20N2OS/c1-16(21-22(27)25-20-15-9-8-14-19(20)24-21)23(26,17-10-4-2-5-11-17)18-12-6-3-7-13-18/h2-16,26H,1H3,(H,25,27). The summed E-state index contributed by atoms with van der Waals surface area (Å²) in [5.74, 6) is -0.351. The second kappa shape index (κ2) is 7.06. The highest BCUT2D eigenvalue weighted by molar-refractivity contribution is 7.71. The lowest BCUT2D eigenvalue weighted by Gasteiger charge is -2.35. The van der Waals surface area contributed by atoms with E-state index in [1.165, 1.54) is 0 Å². The van der Waals surface area contributed by atoms with Crippen molar-refractivity contribution in [2.24, 2.45) is 0 Å². The maximum Gasteiger partial charge on any atom is 0.125 e. The van der Waals surface area contributed by atoms with Crippen molar-refractivity contribution < 1.29 is 5.11 Å². The fourth-order valence-electron chi connectivity index (χ4n) is 3.59. The summed E-state index contributed by atoms with van der Waals surface area (Å²) < 4.78 is 0.548. The van der Waals surface area contributed by atoms with Gasteiger partial charge in [0.25, 0.3) is 0 Å². The van der Waals surface area contributed by atoms with Gasteiger partial charge in [-0.15, -0.1) is 0 Å². The fraction of sp³-hybridized carbons (Fsp3) is 0.130. The zero-order valence-corrected chi connectivity index (χ0v) is 15.8. The van der Waals surface area contributed by atoms with Gasteiger partial charge in [-0.2, -0.15) is 0 Å². The van der Waals surface area contributed by atoms with Crippen molar-refractivity contribution in [2.75, 3.05) is 0 Å². The average molecular weight is 372 g/mol. The predicted molar refractivity (Wildman–Crippen MR) is 111 cm³/mol. The van der Waals surface area contributed by atoms with Crippen LogP contribution in [0.25, 0.3) is 11.0 Å². The number of H-pyrrole nitrogens is 1. The Morgan fingerprint density at radius 2 is 1.37 bits per heavy atom. The van der Waals surface area contributed by atoms with Crippen molar-refractivity contribution in [3.05, 3.63) is 106 Å². The Morgan fingerprint density at radius 3 is 1.96 bits per heavy atom. The minimum atomic E-state index is -1.25. The van der Waals surface area contributed by atoms with Crippen LogP contribution in [0.2, 0.25) is 0 Å². The molecule has 4 heteroatoms. The molecule has 0 aliphatic rings. The van der Waals surface area contributed by atoms with E-state index in [1.807, 2.05) is 91.9 Å². The first-order valence-electron chi connectivity index (χ1n) is 8.93. The molecule has 1 aromatic heterocycles. The minimum Gasteiger partial charge on any atom is -0.380 e. The van der Waals surface area contributed by atoms with Gasteiger partial charge in [-0.1, -0.05) is 91.9 Å². The third-order valence-electron chi connectivity index (χ3n) is 5.09. The molecule has 4 aromatic rings. The Labute approximate surface area is 163 Å². The molecule has 1 unspecified atom stereocenters. The average Bonchev–Trinajstić information content (AvgIpc) is 2.73. The molecule has 1 atom stereocenters. The molecule has 0 spiro atoms. The van der Waals surface area contributed by atoms with Gasteiger partial charge in [-0.3, -0.25) is 0 Å². The Bertz CT molecular complexity index is 1080. The van der Waals surface area contributed by atoms with E-state index in [2.05, 4.69) is 4.98 Å². The molecule has 3 nitrogen and oxygen atoms in total. The van der Waals surface area contributed by atoms with Gasteiger partial charge >= 0.3 is 0 Å². The van der Waals surface area contributed by atoms with E-state index < -0.39 is 5.60 Å². The highest BCUT2D eigenvalue weighted by atomic mass is 32.1. The molecule has 0 amide bonds. The Kier molecular flexibility index (Phi) is 4.60. The van der Waals surface area contributed by atoms with Crippen LogP contribution in [0.1, 0.15) is 29.7 Å². The number of nitrogens with zero attached hydrogens (tertiary/aromatic N) is 1. The van der Waals surface area contributed by atoms with E-state index in [0.717, 1.165) is 22.2 Å². The summed E-state index contributed by atoms with van der Waals surface area (Å²) in [7, 11) is 0. The van der Waals surface area contributed by atoms with Crippen molar-refractivity contribution in [2.45, 2.75) is 18.4 Å². The number of nitrogens with one attached hydrogen (secondary N) is 1. The summed E-state index contributed by atoms with van der Waals surface area (Å²) in [6, 6.07) is 27.2. The normalized spacial score (nSPS) is 12.8. The molecule has 4 rings (SSSR count). The second-order valence-electron chi connectivity index (χ2n) is 6.69. The number of benzene rings is 3. The number of hydrogen-bond acceptors (Lipinski definition) is 3. The van der Waals surface area contributed by atoms with Crippen molar-refractivity contribution in [3.63, 3.8) is 0 Å². The van der Waals surface area contributed by atoms with Crippen molar-refractivity contribution in [3.8, 4) is 0 Å². The number of aromatic amines is 1. The quantitative estimate of drug-likeness (QED) is 0.476. The predicted octanol–water partition coefficient (Wildman–Crippen LogP) is 5.33. The van der Waals surface area contributed by atoms with Crippen LogP contribution in [0.3, 0.4) is 0 Å². The molecule has 2 N–H and O–H groups in total. The molecule has 0 radical (unpaired) electrons. The highest BCUT2D eigenvalue weighted by Gasteiger charge is 2.39. The van der Waals surface area contributed by atoms with E-state index in [0.29, 0.717) is 10.3 Å². The van der Waals surface area contributed by atoms with Crippen LogP contribution < -0.4 is 0 Å². The smallest absolute Gasteiger partial charge is 0.125 e. The van der Waals surface area contributed by atoms with Crippen LogP contribution >= 0.6 is 12.2 Å². The topological polar surface area (TPSA) is 48.9 Å². The molecule has 0 aliphatic carbocycles. The van der Waals surface area contributed by atoms with Crippen LogP contribution in [-0.4, -0.2) is 15.1 Å². The van der Waals surface area contributed by atoms with Crippen LogP contribution in [0, 0.1) is 4.64 Å². The first kappa shape index (κ1) is 17.6. The van der Waals surface area contributed by atoms with Gasteiger partial charge in [0.2, 0.25) is 0 Å². The monoisotopic (exact) mass is 372 g/mol. The summed E-state index contributed by atoms with van der Waals surface area (Å²) in [5.41, 5.74) is 2.78. The molecule has 0 aliphatic heterocycles. The van der Waals surface area contributed by atoms with Crippen LogP contribution in [-0.2, 0) is 5.60 Å². The van der Waals surface area contributed by atoms with E-state index in [9.17, 15) is 5.11 Å². The first-order chi connectivity index (χ1) is 13.1. The van der Waals surface area contributed by atoms with Crippen molar-refractivity contribution >= 4 is 23.3 Å². The summed E-state index contributed by atoms with van der Waals surface area (Å²) in [6.45, 7) is 1.97. The zero-order valence-electron chi connectivity index (χ0n) is 15.0. The van der Waals surface area contributed by atoms with Crippen LogP contribution in [0.5, 0.6) is 0 Å². The van der Waals surface area contributed by atoms with E-state index in [-0.39, 0.29) is 5.92 Å². The first-order valence-corrected chi connectivity index (χ1v) is 9.34. The number of hydrogen-bond donors (Lipinski definition) is 2. The summed E-state index contributed by atoms with van der Waals surface area (Å²) in [5, 5.41) is 12.0. The summed E-state index contributed by atoms with van der Waals surface area (Å²) >= 11 is 5.60. The second-order valence-corrected chi connectivity index (χ2v) is 7.10. The number of rotatable bonds is 4. The van der Waals surface area contributed by atoms with Crippen molar-refractivity contribution in [1.82, 2.24) is 9.97 Å². The van der Waals surface area contributed by atoms with Gasteiger partial charge < -0.3 is 10.1 Å². The van der Waals surface area contributed by atoms with Gasteiger partial charge in [-0.25, -0.2) is 4.98 Å². The number of aliphatic hydroxyl groups is 1. The maximum absolute atomic E-state index is 12.0. The van der Waals surface area contributed by atoms with Gasteiger partial charge in [0.05, 0.1) is 16.7 Å². The third kappa shape index (κ3) is 3.07. The molecule has 0 fully saturated rings. The summed E-state index contributed by atoms with van der Waals surface area (Å²) in [4.78, 5) is 8.05. The molecule has 0 saturated carbocycles. The molecule has 1 heterocycles. The number of fused-ring (bicyclic) bond motifs is 1. The molecule has 0 bridgehead atoms. The third-order valence-corrected chi connectivity index (χ3v) is 5.40. The van der Waals surface area contributed by atoms with E-state index in [1.54, 1.807) is 0 Å². The lowest BCUT2D eigenvalue weighted by Crippen LogP contribution is -2.34. The van der Waals surface area contributed by atoms with Crippen LogP contribution in [0.4, 0.5) is 0 Å². The fourth-order valence-corrected chi connectivity index (χ4v) is 3.92. The molecule has 3 aromatic carbocycles. The minimum absolute atomic E-state index is 0.351. The number of para-hydroxylation sites is 2. The SMILES string of the molecule is CC(c1nc2ccccc2[nH]c1=S)C(O)(c1ccccc1)c1ccccc1. The summed E-state index contributed by atoms with van der Waals surface area (Å²) in [6.07, 6.45) is 0. The van der Waals surface area contributed by atoms with E-state index in [4.69, 9.17) is 17.2 Å². The largest absolute Gasteiger partial charge is 0.380 e. The molecular formula is C23H20N2OS. The molecule has 0 saturated heterocycles. The molecule has 27 heavy (non-hydrogen) atoms. The van der Waals surface area contributed by atoms with Gasteiger partial charge in [0.1, 0.15) is 10.2 Å². The van der Waals surface area contributed by atoms with Gasteiger partial charge in [-0.05, 0) is 23.3 Å². The molecule has 134 valence electrons. The molecular weight excluding hydrogens is 352 g/mol.